The molecule has 0 radical (unpaired) electrons. The number of aromatic amines is 1. The minimum absolute atomic E-state index is 0.0893. The van der Waals surface area contributed by atoms with Crippen LogP contribution in [0.3, 0.4) is 0 Å². The molecule has 25 heavy (non-hydrogen) atoms. The highest BCUT2D eigenvalue weighted by Gasteiger charge is 2.13. The number of nitrogens with one attached hydrogen (secondary N) is 2. The van der Waals surface area contributed by atoms with Crippen molar-refractivity contribution in [3.05, 3.63) is 62.3 Å². The maximum absolute atomic E-state index is 12.0. The number of H-pyrrole nitrogens is 1. The van der Waals surface area contributed by atoms with Crippen molar-refractivity contribution in [1.29, 1.82) is 0 Å². The van der Waals surface area contributed by atoms with E-state index >= 15 is 0 Å². The smallest absolute Gasteiger partial charge is 0.331 e. The van der Waals surface area contributed by atoms with Crippen molar-refractivity contribution in [2.24, 2.45) is 5.10 Å². The van der Waals surface area contributed by atoms with Crippen LogP contribution in [0.5, 0.6) is 5.88 Å². The van der Waals surface area contributed by atoms with E-state index < -0.39 is 17.1 Å². The number of hydrazone groups is 1. The molecule has 0 aliphatic heterocycles. The molecule has 1 amide bonds. The summed E-state index contributed by atoms with van der Waals surface area (Å²) >= 11 is 0. The molecule has 132 valence electrons. The average Bonchev–Trinajstić information content (AvgIpc) is 2.60. The average molecular weight is 344 g/mol. The maximum atomic E-state index is 12.0. The Labute approximate surface area is 143 Å². The van der Waals surface area contributed by atoms with E-state index in [0.717, 1.165) is 29.2 Å². The number of aromatic nitrogens is 2. The number of rotatable bonds is 7. The van der Waals surface area contributed by atoms with Crippen LogP contribution >= 0.6 is 0 Å². The van der Waals surface area contributed by atoms with Gasteiger partial charge in [0.2, 0.25) is 11.8 Å². The molecule has 0 bridgehead atoms. The highest BCUT2D eigenvalue weighted by atomic mass is 16.3. The number of unbranched alkanes of at least 4 members (excludes halogenated alkanes) is 1. The van der Waals surface area contributed by atoms with Gasteiger partial charge in [-0.05, 0) is 12.0 Å². The van der Waals surface area contributed by atoms with E-state index in [1.165, 1.54) is 0 Å². The molecule has 3 N–H and O–H groups in total. The summed E-state index contributed by atoms with van der Waals surface area (Å²) in [5.41, 5.74) is 1.36. The van der Waals surface area contributed by atoms with E-state index in [1.54, 1.807) is 24.3 Å². The molecule has 0 saturated carbocycles. The number of carbonyl (C=O) groups is 1. The van der Waals surface area contributed by atoms with Gasteiger partial charge in [0.25, 0.3) is 5.56 Å². The van der Waals surface area contributed by atoms with Gasteiger partial charge in [0.15, 0.2) is 0 Å². The first-order valence-corrected chi connectivity index (χ1v) is 7.94. The molecule has 0 saturated heterocycles. The second kappa shape index (κ2) is 8.62. The lowest BCUT2D eigenvalue weighted by molar-refractivity contribution is -0.121. The van der Waals surface area contributed by atoms with E-state index in [-0.39, 0.29) is 18.0 Å². The summed E-state index contributed by atoms with van der Waals surface area (Å²) in [6, 6.07) is 9.02. The number of nitrogens with zero attached hydrogens (tertiary/aromatic N) is 2. The normalized spacial score (nSPS) is 10.9. The first-order valence-electron chi connectivity index (χ1n) is 7.94. The predicted octanol–water partition coefficient (Wildman–Crippen LogP) is 0.931. The third-order valence-corrected chi connectivity index (χ3v) is 3.53. The van der Waals surface area contributed by atoms with Crippen LogP contribution in [0.2, 0.25) is 0 Å². The SMILES string of the molecule is CCCCC(=O)N/N=C/c1c(O)n(Cc2ccccc2)c(=O)[nH]c1=O. The zero-order chi connectivity index (χ0) is 18.2. The second-order valence-electron chi connectivity index (χ2n) is 5.47. The van der Waals surface area contributed by atoms with Gasteiger partial charge < -0.3 is 5.11 Å². The summed E-state index contributed by atoms with van der Waals surface area (Å²) in [5.74, 6) is -0.796. The standard InChI is InChI=1S/C17H20N4O4/c1-2-3-9-14(22)20-18-10-13-15(23)19-17(25)21(16(13)24)11-12-7-5-4-6-8-12/h4-8,10,24H,2-3,9,11H2,1H3,(H,20,22)(H,19,23,25)/b18-10+. The van der Waals surface area contributed by atoms with Crippen LogP contribution in [0.1, 0.15) is 37.3 Å². The fourth-order valence-corrected chi connectivity index (χ4v) is 2.17. The molecule has 2 rings (SSSR count). The van der Waals surface area contributed by atoms with Crippen LogP contribution in [0.4, 0.5) is 0 Å². The molecule has 0 aliphatic rings. The van der Waals surface area contributed by atoms with Crippen molar-refractivity contribution >= 4 is 12.1 Å². The minimum Gasteiger partial charge on any atom is -0.494 e. The van der Waals surface area contributed by atoms with Gasteiger partial charge >= 0.3 is 5.69 Å². The molecule has 0 unspecified atom stereocenters. The third-order valence-electron chi connectivity index (χ3n) is 3.53. The number of hydrogen-bond donors (Lipinski definition) is 3. The molecule has 1 aromatic carbocycles. The van der Waals surface area contributed by atoms with Gasteiger partial charge in [0.1, 0.15) is 5.56 Å². The van der Waals surface area contributed by atoms with Gasteiger partial charge in [-0.15, -0.1) is 0 Å². The lowest BCUT2D eigenvalue weighted by Crippen LogP contribution is -2.32. The molecule has 8 heteroatoms. The predicted molar refractivity (Wildman–Crippen MR) is 93.8 cm³/mol. The molecular formula is C17H20N4O4. The van der Waals surface area contributed by atoms with Crippen LogP contribution in [0.25, 0.3) is 0 Å². The fraction of sp³-hybridized carbons (Fsp3) is 0.294. The summed E-state index contributed by atoms with van der Waals surface area (Å²) in [5, 5.41) is 13.9. The zero-order valence-electron chi connectivity index (χ0n) is 13.9. The molecule has 0 spiro atoms. The van der Waals surface area contributed by atoms with Crippen molar-refractivity contribution in [1.82, 2.24) is 15.0 Å². The van der Waals surface area contributed by atoms with E-state index in [9.17, 15) is 19.5 Å². The topological polar surface area (TPSA) is 117 Å². The molecule has 0 aliphatic carbocycles. The van der Waals surface area contributed by atoms with E-state index in [4.69, 9.17) is 0 Å². The molecule has 2 aromatic rings. The van der Waals surface area contributed by atoms with Crippen LogP contribution in [-0.2, 0) is 11.3 Å². The molecule has 1 heterocycles. The Hall–Kier alpha value is -3.16. The van der Waals surface area contributed by atoms with Crippen LogP contribution in [0, 0.1) is 0 Å². The van der Waals surface area contributed by atoms with Crippen molar-refractivity contribution in [3.8, 4) is 5.88 Å². The molecule has 1 aromatic heterocycles. The first-order chi connectivity index (χ1) is 12.0. The minimum atomic E-state index is -0.779. The van der Waals surface area contributed by atoms with Crippen LogP contribution < -0.4 is 16.7 Å². The summed E-state index contributed by atoms with van der Waals surface area (Å²) in [4.78, 5) is 37.5. The Balaban J connectivity index is 2.24. The quantitative estimate of drug-likeness (QED) is 0.512. The molecule has 0 atom stereocenters. The molecular weight excluding hydrogens is 324 g/mol. The van der Waals surface area contributed by atoms with Crippen LogP contribution in [0.15, 0.2) is 45.0 Å². The monoisotopic (exact) mass is 344 g/mol. The molecule has 8 nitrogen and oxygen atoms in total. The number of hydrogen-bond acceptors (Lipinski definition) is 5. The number of benzene rings is 1. The Morgan fingerprint density at radius 1 is 1.32 bits per heavy atom. The lowest BCUT2D eigenvalue weighted by Gasteiger charge is -2.09. The van der Waals surface area contributed by atoms with Crippen molar-refractivity contribution in [3.63, 3.8) is 0 Å². The zero-order valence-corrected chi connectivity index (χ0v) is 13.9. The second-order valence-corrected chi connectivity index (χ2v) is 5.47. The first kappa shape index (κ1) is 18.2. The Morgan fingerprint density at radius 2 is 2.04 bits per heavy atom. The van der Waals surface area contributed by atoms with Gasteiger partial charge in [-0.25, -0.2) is 10.2 Å². The molecule has 0 fully saturated rings. The van der Waals surface area contributed by atoms with Gasteiger partial charge in [0, 0.05) is 6.42 Å². The van der Waals surface area contributed by atoms with Crippen LogP contribution in [-0.4, -0.2) is 26.8 Å². The summed E-state index contributed by atoms with van der Waals surface area (Å²) < 4.78 is 1.02. The van der Waals surface area contributed by atoms with Gasteiger partial charge in [-0.3, -0.25) is 19.1 Å². The Bertz CT molecular complexity index is 868. The highest BCUT2D eigenvalue weighted by Crippen LogP contribution is 2.10. The van der Waals surface area contributed by atoms with Gasteiger partial charge in [-0.1, -0.05) is 43.7 Å². The summed E-state index contributed by atoms with van der Waals surface area (Å²) in [7, 11) is 0. The van der Waals surface area contributed by atoms with Crippen molar-refractivity contribution < 1.29 is 9.90 Å². The van der Waals surface area contributed by atoms with Crippen molar-refractivity contribution in [2.45, 2.75) is 32.7 Å². The van der Waals surface area contributed by atoms with E-state index in [0.29, 0.717) is 6.42 Å². The van der Waals surface area contributed by atoms with E-state index in [2.05, 4.69) is 15.5 Å². The lowest BCUT2D eigenvalue weighted by atomic mass is 10.2. The van der Waals surface area contributed by atoms with Gasteiger partial charge in [-0.2, -0.15) is 5.10 Å². The maximum Gasteiger partial charge on any atom is 0.331 e. The number of carbonyl (C=O) groups excluding carboxylic acids is 1. The van der Waals surface area contributed by atoms with Crippen molar-refractivity contribution in [2.75, 3.05) is 0 Å². The largest absolute Gasteiger partial charge is 0.494 e. The number of amides is 1. The highest BCUT2D eigenvalue weighted by molar-refractivity contribution is 5.84. The van der Waals surface area contributed by atoms with E-state index in [1.807, 2.05) is 13.0 Å². The summed E-state index contributed by atoms with van der Waals surface area (Å²) in [6.07, 6.45) is 2.96. The van der Waals surface area contributed by atoms with Gasteiger partial charge in [0.05, 0.1) is 12.8 Å². The number of aromatic hydroxyl groups is 1. The summed E-state index contributed by atoms with van der Waals surface area (Å²) in [6.45, 7) is 2.05. The Kier molecular flexibility index (Phi) is 6.27. The Morgan fingerprint density at radius 3 is 2.72 bits per heavy atom. The fourth-order valence-electron chi connectivity index (χ4n) is 2.17. The third kappa shape index (κ3) is 4.90.